The second-order valence-corrected chi connectivity index (χ2v) is 5.77. The van der Waals surface area contributed by atoms with Crippen molar-refractivity contribution in [3.8, 4) is 0 Å². The number of ether oxygens (including phenoxy) is 1. The summed E-state index contributed by atoms with van der Waals surface area (Å²) >= 11 is 0. The van der Waals surface area contributed by atoms with E-state index in [9.17, 15) is 9.59 Å². The Morgan fingerprint density at radius 2 is 1.56 bits per heavy atom. The van der Waals surface area contributed by atoms with Crippen LogP contribution >= 0.6 is 0 Å². The molecule has 1 N–H and O–H groups in total. The fourth-order valence-corrected chi connectivity index (χ4v) is 2.60. The number of rotatable bonds is 8. The van der Waals surface area contributed by atoms with Gasteiger partial charge in [0, 0.05) is 0 Å². The number of hydrogen-bond acceptors (Lipinski definition) is 3. The highest BCUT2D eigenvalue weighted by molar-refractivity contribution is 5.82. The molecular formula is C14H26O4. The Labute approximate surface area is 110 Å². The van der Waals surface area contributed by atoms with Crippen molar-refractivity contribution in [3.63, 3.8) is 0 Å². The van der Waals surface area contributed by atoms with Gasteiger partial charge in [-0.1, -0.05) is 27.7 Å². The normalized spacial score (nSPS) is 11.9. The van der Waals surface area contributed by atoms with E-state index < -0.39 is 11.4 Å². The lowest BCUT2D eigenvalue weighted by Gasteiger charge is -2.33. The monoisotopic (exact) mass is 258 g/mol. The summed E-state index contributed by atoms with van der Waals surface area (Å²) in [6, 6.07) is 0. The molecule has 0 spiro atoms. The molecule has 0 radical (unpaired) electrons. The predicted molar refractivity (Wildman–Crippen MR) is 70.2 cm³/mol. The topological polar surface area (TPSA) is 63.6 Å². The quantitative estimate of drug-likeness (QED) is 0.679. The van der Waals surface area contributed by atoms with Crippen molar-refractivity contribution in [1.82, 2.24) is 0 Å². The molecule has 0 aromatic carbocycles. The Kier molecular flexibility index (Phi) is 6.96. The molecule has 0 aliphatic rings. The summed E-state index contributed by atoms with van der Waals surface area (Å²) in [7, 11) is 0. The van der Waals surface area contributed by atoms with Crippen molar-refractivity contribution >= 4 is 11.9 Å². The SMILES string of the molecule is CCOC(=O)C(CC(=O)O)(CC(C)C)CC(C)C. The maximum absolute atomic E-state index is 12.2. The molecule has 0 aliphatic carbocycles. The summed E-state index contributed by atoms with van der Waals surface area (Å²) in [6.07, 6.45) is 0.953. The lowest BCUT2D eigenvalue weighted by atomic mass is 9.72. The van der Waals surface area contributed by atoms with Crippen LogP contribution in [0.4, 0.5) is 0 Å². The largest absolute Gasteiger partial charge is 0.481 e. The molecule has 0 saturated carbocycles. The summed E-state index contributed by atoms with van der Waals surface area (Å²) in [6.45, 7) is 10.0. The van der Waals surface area contributed by atoms with Gasteiger partial charge in [0.2, 0.25) is 0 Å². The molecule has 0 atom stereocenters. The third kappa shape index (κ3) is 5.52. The van der Waals surface area contributed by atoms with Crippen LogP contribution in [0, 0.1) is 17.3 Å². The minimum Gasteiger partial charge on any atom is -0.481 e. The number of esters is 1. The van der Waals surface area contributed by atoms with E-state index in [1.165, 1.54) is 0 Å². The molecule has 0 aliphatic heterocycles. The van der Waals surface area contributed by atoms with Gasteiger partial charge in [0.1, 0.15) is 0 Å². The molecule has 0 unspecified atom stereocenters. The van der Waals surface area contributed by atoms with Crippen molar-refractivity contribution in [2.24, 2.45) is 17.3 Å². The van der Waals surface area contributed by atoms with Gasteiger partial charge >= 0.3 is 11.9 Å². The molecule has 0 aromatic rings. The zero-order chi connectivity index (χ0) is 14.3. The molecule has 0 amide bonds. The number of aliphatic carboxylic acids is 1. The van der Waals surface area contributed by atoms with Crippen LogP contribution < -0.4 is 0 Å². The summed E-state index contributed by atoms with van der Waals surface area (Å²) in [4.78, 5) is 23.3. The maximum atomic E-state index is 12.2. The lowest BCUT2D eigenvalue weighted by Crippen LogP contribution is -2.38. The minimum atomic E-state index is -0.940. The number of carboxylic acids is 1. The first-order valence-electron chi connectivity index (χ1n) is 6.62. The van der Waals surface area contributed by atoms with Gasteiger partial charge < -0.3 is 9.84 Å². The maximum Gasteiger partial charge on any atom is 0.312 e. The average Bonchev–Trinajstić information content (AvgIpc) is 2.14. The van der Waals surface area contributed by atoms with Crippen molar-refractivity contribution in [2.45, 2.75) is 53.9 Å². The Bertz CT molecular complexity index is 272. The van der Waals surface area contributed by atoms with Gasteiger partial charge in [-0.3, -0.25) is 9.59 Å². The van der Waals surface area contributed by atoms with Crippen LogP contribution in [-0.2, 0) is 14.3 Å². The molecule has 0 aromatic heterocycles. The molecule has 106 valence electrons. The van der Waals surface area contributed by atoms with Gasteiger partial charge in [-0.2, -0.15) is 0 Å². The Morgan fingerprint density at radius 3 is 1.83 bits per heavy atom. The number of carbonyl (C=O) groups excluding carboxylic acids is 1. The van der Waals surface area contributed by atoms with Crippen LogP contribution in [0.3, 0.4) is 0 Å². The summed E-state index contributed by atoms with van der Waals surface area (Å²) in [5, 5.41) is 9.08. The summed E-state index contributed by atoms with van der Waals surface area (Å²) in [5.74, 6) is -0.792. The Balaban J connectivity index is 5.22. The highest BCUT2D eigenvalue weighted by Gasteiger charge is 2.42. The zero-order valence-electron chi connectivity index (χ0n) is 12.2. The van der Waals surface area contributed by atoms with Crippen LogP contribution in [0.1, 0.15) is 53.9 Å². The molecule has 18 heavy (non-hydrogen) atoms. The molecule has 0 heterocycles. The van der Waals surface area contributed by atoms with Crippen molar-refractivity contribution in [2.75, 3.05) is 6.61 Å². The van der Waals surface area contributed by atoms with Gasteiger partial charge in [-0.25, -0.2) is 0 Å². The van der Waals surface area contributed by atoms with E-state index in [1.54, 1.807) is 6.92 Å². The van der Waals surface area contributed by atoms with Gasteiger partial charge in [0.05, 0.1) is 18.4 Å². The van der Waals surface area contributed by atoms with Crippen LogP contribution in [-0.4, -0.2) is 23.7 Å². The van der Waals surface area contributed by atoms with E-state index in [1.807, 2.05) is 27.7 Å². The molecular weight excluding hydrogens is 232 g/mol. The minimum absolute atomic E-state index is 0.151. The van der Waals surface area contributed by atoms with E-state index in [0.717, 1.165) is 0 Å². The Hall–Kier alpha value is -1.06. The third-order valence-electron chi connectivity index (χ3n) is 2.80. The van der Waals surface area contributed by atoms with Gasteiger partial charge in [0.25, 0.3) is 0 Å². The smallest absolute Gasteiger partial charge is 0.312 e. The average molecular weight is 258 g/mol. The molecule has 0 rings (SSSR count). The second kappa shape index (κ2) is 7.39. The van der Waals surface area contributed by atoms with E-state index >= 15 is 0 Å². The van der Waals surface area contributed by atoms with Crippen LogP contribution in [0.25, 0.3) is 0 Å². The molecule has 4 nitrogen and oxygen atoms in total. The molecule has 0 bridgehead atoms. The summed E-state index contributed by atoms with van der Waals surface area (Å²) < 4.78 is 5.11. The fourth-order valence-electron chi connectivity index (χ4n) is 2.60. The molecule has 0 saturated heterocycles. The van der Waals surface area contributed by atoms with Gasteiger partial charge in [-0.05, 0) is 31.6 Å². The number of carbonyl (C=O) groups is 2. The Morgan fingerprint density at radius 1 is 1.11 bits per heavy atom. The van der Waals surface area contributed by atoms with Crippen molar-refractivity contribution in [1.29, 1.82) is 0 Å². The predicted octanol–water partition coefficient (Wildman–Crippen LogP) is 3.10. The highest BCUT2D eigenvalue weighted by Crippen LogP contribution is 2.38. The summed E-state index contributed by atoms with van der Waals surface area (Å²) in [5.41, 5.74) is -0.885. The van der Waals surface area contributed by atoms with Gasteiger partial charge in [-0.15, -0.1) is 0 Å². The van der Waals surface area contributed by atoms with Crippen molar-refractivity contribution in [3.05, 3.63) is 0 Å². The first kappa shape index (κ1) is 16.9. The number of hydrogen-bond donors (Lipinski definition) is 1. The lowest BCUT2D eigenvalue weighted by molar-refractivity contribution is -0.163. The molecule has 4 heteroatoms. The van der Waals surface area contributed by atoms with E-state index in [-0.39, 0.29) is 30.8 Å². The van der Waals surface area contributed by atoms with E-state index in [0.29, 0.717) is 12.8 Å². The zero-order valence-corrected chi connectivity index (χ0v) is 12.2. The van der Waals surface area contributed by atoms with Crippen LogP contribution in [0.2, 0.25) is 0 Å². The molecule has 0 fully saturated rings. The number of carboxylic acid groups (broad SMARTS) is 1. The van der Waals surface area contributed by atoms with E-state index in [2.05, 4.69) is 0 Å². The van der Waals surface area contributed by atoms with Crippen LogP contribution in [0.15, 0.2) is 0 Å². The van der Waals surface area contributed by atoms with E-state index in [4.69, 9.17) is 9.84 Å². The van der Waals surface area contributed by atoms with Crippen molar-refractivity contribution < 1.29 is 19.4 Å². The van der Waals surface area contributed by atoms with Gasteiger partial charge in [0.15, 0.2) is 0 Å². The fraction of sp³-hybridized carbons (Fsp3) is 0.857. The first-order valence-corrected chi connectivity index (χ1v) is 6.62. The second-order valence-electron chi connectivity index (χ2n) is 5.77. The highest BCUT2D eigenvalue weighted by atomic mass is 16.5. The first-order chi connectivity index (χ1) is 8.23. The van der Waals surface area contributed by atoms with Crippen LogP contribution in [0.5, 0.6) is 0 Å². The third-order valence-corrected chi connectivity index (χ3v) is 2.80. The standard InChI is InChI=1S/C14H26O4/c1-6-18-13(17)14(7-10(2)3,8-11(4)5)9-12(15)16/h10-11H,6-9H2,1-5H3,(H,15,16).